The molecule has 0 aliphatic carbocycles. The lowest BCUT2D eigenvalue weighted by molar-refractivity contribution is -0.385. The van der Waals surface area contributed by atoms with Crippen LogP contribution in [0.15, 0.2) is 41.3 Å². The number of carbonyl (C=O) groups excluding carboxylic acids is 1. The molecule has 0 bridgehead atoms. The second-order valence-corrected chi connectivity index (χ2v) is 6.36. The van der Waals surface area contributed by atoms with E-state index >= 15 is 0 Å². The van der Waals surface area contributed by atoms with Gasteiger partial charge in [-0.05, 0) is 18.2 Å². The number of nitrogens with zero attached hydrogens (tertiary/aromatic N) is 3. The van der Waals surface area contributed by atoms with Gasteiger partial charge in [-0.25, -0.2) is 0 Å². The van der Waals surface area contributed by atoms with E-state index in [1.165, 1.54) is 35.0 Å². The smallest absolute Gasteiger partial charge is 0.280 e. The summed E-state index contributed by atoms with van der Waals surface area (Å²) in [5.74, 6) is 0.167. The standard InChI is InChI=1S/C19H17N3O7/c23-18-3-1-2-4-21(18)15(19(24)20-5-7-27-8-6-20)9-13-10-16-17(29-12-28-16)11-14(13)22(25)26/h1-4,9-11H,5-8,12H2. The van der Waals surface area contributed by atoms with Gasteiger partial charge in [0.05, 0.1) is 29.8 Å². The highest BCUT2D eigenvalue weighted by molar-refractivity contribution is 6.18. The number of morpholine rings is 1. The number of hydrogen-bond acceptors (Lipinski definition) is 7. The number of rotatable bonds is 4. The second kappa shape index (κ2) is 7.76. The maximum Gasteiger partial charge on any atom is 0.280 e. The van der Waals surface area contributed by atoms with Gasteiger partial charge in [0, 0.05) is 25.4 Å². The molecule has 0 radical (unpaired) electrons. The third kappa shape index (κ3) is 3.69. The molecule has 2 aliphatic rings. The van der Waals surface area contributed by atoms with Crippen LogP contribution in [0.2, 0.25) is 0 Å². The molecule has 1 amide bonds. The summed E-state index contributed by atoms with van der Waals surface area (Å²) < 4.78 is 17.0. The van der Waals surface area contributed by atoms with Crippen LogP contribution in [0.3, 0.4) is 0 Å². The topological polar surface area (TPSA) is 113 Å². The number of pyridine rings is 1. The Morgan fingerprint density at radius 3 is 2.55 bits per heavy atom. The average Bonchev–Trinajstić information content (AvgIpc) is 3.19. The van der Waals surface area contributed by atoms with Crippen LogP contribution in [0.4, 0.5) is 5.69 Å². The van der Waals surface area contributed by atoms with E-state index in [9.17, 15) is 19.7 Å². The maximum atomic E-state index is 13.2. The lowest BCUT2D eigenvalue weighted by Crippen LogP contribution is -2.42. The van der Waals surface area contributed by atoms with Gasteiger partial charge >= 0.3 is 0 Å². The van der Waals surface area contributed by atoms with Gasteiger partial charge in [0.25, 0.3) is 17.2 Å². The van der Waals surface area contributed by atoms with Crippen molar-refractivity contribution in [3.63, 3.8) is 0 Å². The molecule has 0 N–H and O–H groups in total. The van der Waals surface area contributed by atoms with E-state index in [4.69, 9.17) is 14.2 Å². The molecule has 1 aromatic carbocycles. The van der Waals surface area contributed by atoms with Crippen LogP contribution in [0, 0.1) is 10.1 Å². The van der Waals surface area contributed by atoms with Crippen LogP contribution in [-0.4, -0.2) is 53.4 Å². The van der Waals surface area contributed by atoms with Crippen molar-refractivity contribution in [3.8, 4) is 11.5 Å². The van der Waals surface area contributed by atoms with Gasteiger partial charge in [-0.2, -0.15) is 0 Å². The van der Waals surface area contributed by atoms with E-state index < -0.39 is 16.4 Å². The van der Waals surface area contributed by atoms with Gasteiger partial charge in [-0.3, -0.25) is 24.3 Å². The first kappa shape index (κ1) is 18.7. The van der Waals surface area contributed by atoms with Crippen molar-refractivity contribution >= 4 is 23.4 Å². The molecule has 29 heavy (non-hydrogen) atoms. The largest absolute Gasteiger partial charge is 0.454 e. The van der Waals surface area contributed by atoms with Gasteiger partial charge in [-0.1, -0.05) is 6.07 Å². The fourth-order valence-electron chi connectivity index (χ4n) is 3.16. The molecule has 1 aromatic heterocycles. The number of nitro benzene ring substituents is 1. The first-order valence-electron chi connectivity index (χ1n) is 8.89. The zero-order valence-corrected chi connectivity index (χ0v) is 15.3. The monoisotopic (exact) mass is 399 g/mol. The molecule has 0 spiro atoms. The predicted octanol–water partition coefficient (Wildman–Crippen LogP) is 1.34. The van der Waals surface area contributed by atoms with Crippen LogP contribution in [0.25, 0.3) is 11.8 Å². The molecule has 1 fully saturated rings. The van der Waals surface area contributed by atoms with E-state index in [0.717, 1.165) is 0 Å². The summed E-state index contributed by atoms with van der Waals surface area (Å²) in [4.78, 5) is 38.1. The lowest BCUT2D eigenvalue weighted by Gasteiger charge is -2.28. The van der Waals surface area contributed by atoms with E-state index in [0.29, 0.717) is 32.1 Å². The zero-order valence-electron chi connectivity index (χ0n) is 15.3. The van der Waals surface area contributed by atoms with Crippen molar-refractivity contribution in [2.75, 3.05) is 33.1 Å². The minimum atomic E-state index is -0.571. The van der Waals surface area contributed by atoms with E-state index in [1.54, 1.807) is 17.0 Å². The third-order valence-corrected chi connectivity index (χ3v) is 4.61. The van der Waals surface area contributed by atoms with Crippen LogP contribution in [0.5, 0.6) is 11.5 Å². The fourth-order valence-corrected chi connectivity index (χ4v) is 3.16. The lowest BCUT2D eigenvalue weighted by atomic mass is 10.1. The van der Waals surface area contributed by atoms with Crippen LogP contribution >= 0.6 is 0 Å². The molecule has 0 saturated carbocycles. The Morgan fingerprint density at radius 2 is 1.86 bits per heavy atom. The molecule has 2 aromatic rings. The summed E-state index contributed by atoms with van der Waals surface area (Å²) >= 11 is 0. The second-order valence-electron chi connectivity index (χ2n) is 6.36. The SMILES string of the molecule is O=C(C(=Cc1cc2c(cc1[N+](=O)[O-])OCO2)n1ccccc1=O)N1CCOCC1. The Balaban J connectivity index is 1.86. The fraction of sp³-hybridized carbons (Fsp3) is 0.263. The zero-order chi connectivity index (χ0) is 20.4. The van der Waals surface area contributed by atoms with Gasteiger partial charge in [-0.15, -0.1) is 0 Å². The summed E-state index contributed by atoms with van der Waals surface area (Å²) in [6, 6.07) is 7.16. The molecule has 2 aliphatic heterocycles. The Hall–Kier alpha value is -3.66. The summed E-state index contributed by atoms with van der Waals surface area (Å²) in [7, 11) is 0. The third-order valence-electron chi connectivity index (χ3n) is 4.61. The van der Waals surface area contributed by atoms with Crippen molar-refractivity contribution in [3.05, 3.63) is 62.6 Å². The van der Waals surface area contributed by atoms with E-state index in [-0.39, 0.29) is 29.5 Å². The highest BCUT2D eigenvalue weighted by Crippen LogP contribution is 2.39. The molecular weight excluding hydrogens is 382 g/mol. The molecule has 1 saturated heterocycles. The van der Waals surface area contributed by atoms with Crippen LogP contribution in [-0.2, 0) is 9.53 Å². The molecule has 150 valence electrons. The van der Waals surface area contributed by atoms with Crippen molar-refractivity contribution in [2.45, 2.75) is 0 Å². The normalized spacial score (nSPS) is 16.0. The summed E-state index contributed by atoms with van der Waals surface area (Å²) in [5, 5.41) is 11.6. The molecule has 3 heterocycles. The Labute approximate surface area is 164 Å². The number of benzene rings is 1. The number of hydrogen-bond donors (Lipinski definition) is 0. The minimum Gasteiger partial charge on any atom is -0.454 e. The number of nitro groups is 1. The van der Waals surface area contributed by atoms with Crippen LogP contribution < -0.4 is 15.0 Å². The van der Waals surface area contributed by atoms with Gasteiger partial charge < -0.3 is 19.1 Å². The first-order valence-corrected chi connectivity index (χ1v) is 8.89. The number of amides is 1. The number of carbonyl (C=O) groups is 1. The maximum absolute atomic E-state index is 13.2. The van der Waals surface area contributed by atoms with Crippen molar-refractivity contribution in [1.29, 1.82) is 0 Å². The molecule has 10 heteroatoms. The quantitative estimate of drug-likeness (QED) is 0.433. The van der Waals surface area contributed by atoms with Gasteiger partial charge in [0.1, 0.15) is 5.70 Å². The van der Waals surface area contributed by atoms with Gasteiger partial charge in [0.2, 0.25) is 6.79 Å². The summed E-state index contributed by atoms with van der Waals surface area (Å²) in [6.45, 7) is 1.44. The first-order chi connectivity index (χ1) is 14.0. The Morgan fingerprint density at radius 1 is 1.14 bits per heavy atom. The molecule has 0 unspecified atom stereocenters. The van der Waals surface area contributed by atoms with E-state index in [2.05, 4.69) is 0 Å². The highest BCUT2D eigenvalue weighted by Gasteiger charge is 2.26. The molecule has 0 atom stereocenters. The minimum absolute atomic E-state index is 0.000495. The van der Waals surface area contributed by atoms with Crippen molar-refractivity contribution in [1.82, 2.24) is 9.47 Å². The molecule has 10 nitrogen and oxygen atoms in total. The molecule has 4 rings (SSSR count). The Bertz CT molecular complexity index is 1050. The van der Waals surface area contributed by atoms with Crippen LogP contribution in [0.1, 0.15) is 5.56 Å². The number of aromatic nitrogens is 1. The van der Waals surface area contributed by atoms with Crippen molar-refractivity contribution < 1.29 is 23.9 Å². The number of ether oxygens (including phenoxy) is 3. The predicted molar refractivity (Wildman–Crippen MR) is 101 cm³/mol. The van der Waals surface area contributed by atoms with Gasteiger partial charge in [0.15, 0.2) is 11.5 Å². The summed E-state index contributed by atoms with van der Waals surface area (Å²) in [5.41, 5.74) is -0.555. The number of fused-ring (bicyclic) bond motifs is 1. The molecular formula is C19H17N3O7. The van der Waals surface area contributed by atoms with E-state index in [1.807, 2.05) is 0 Å². The average molecular weight is 399 g/mol. The van der Waals surface area contributed by atoms with Crippen molar-refractivity contribution in [2.24, 2.45) is 0 Å². The highest BCUT2D eigenvalue weighted by atomic mass is 16.7. The Kier molecular flexibility index (Phi) is 5.00. The summed E-state index contributed by atoms with van der Waals surface area (Å²) in [6.07, 6.45) is 2.78.